The predicted octanol–water partition coefficient (Wildman–Crippen LogP) is 6.02. The number of carbonyl (C=O) groups excluding carboxylic acids is 1. The molecule has 3 aromatic rings. The van der Waals surface area contributed by atoms with Crippen molar-refractivity contribution in [3.63, 3.8) is 0 Å². The highest BCUT2D eigenvalue weighted by molar-refractivity contribution is 6.01. The van der Waals surface area contributed by atoms with Crippen molar-refractivity contribution >= 4 is 22.8 Å². The first kappa shape index (κ1) is 21.6. The van der Waals surface area contributed by atoms with Crippen LogP contribution in [-0.4, -0.2) is 11.9 Å². The summed E-state index contributed by atoms with van der Waals surface area (Å²) in [5.41, 5.74) is 2.06. The summed E-state index contributed by atoms with van der Waals surface area (Å²) < 4.78 is 5.98. The van der Waals surface area contributed by atoms with Crippen molar-refractivity contribution < 1.29 is 9.53 Å². The fraction of sp³-hybridized carbons (Fsp3) is 0.286. The molecule has 4 heteroatoms. The first-order valence-corrected chi connectivity index (χ1v) is 11.3. The van der Waals surface area contributed by atoms with Gasteiger partial charge in [0, 0.05) is 6.04 Å². The second-order valence-corrected chi connectivity index (χ2v) is 8.51. The molecular weight excluding hydrogens is 396 g/mol. The normalized spacial score (nSPS) is 18.7. The smallest absolute Gasteiger partial charge is 0.262 e. The molecular formula is C28H28N2O2. The number of nitrogens with zero attached hydrogens (tertiary/aromatic N) is 1. The summed E-state index contributed by atoms with van der Waals surface area (Å²) in [4.78, 5) is 12.6. The van der Waals surface area contributed by atoms with E-state index in [0.29, 0.717) is 12.5 Å². The molecule has 32 heavy (non-hydrogen) atoms. The first-order valence-electron chi connectivity index (χ1n) is 11.3. The van der Waals surface area contributed by atoms with Crippen LogP contribution in [0.5, 0.6) is 5.75 Å². The van der Waals surface area contributed by atoms with Crippen molar-refractivity contribution in [2.45, 2.75) is 45.3 Å². The van der Waals surface area contributed by atoms with E-state index < -0.39 is 0 Å². The molecule has 4 rings (SSSR count). The molecule has 1 aliphatic carbocycles. The highest BCUT2D eigenvalue weighted by Gasteiger charge is 2.24. The molecule has 0 aliphatic heterocycles. The van der Waals surface area contributed by atoms with E-state index in [1.807, 2.05) is 42.5 Å². The molecule has 1 fully saturated rings. The lowest BCUT2D eigenvalue weighted by atomic mass is 9.86. The lowest BCUT2D eigenvalue weighted by Gasteiger charge is -2.29. The minimum absolute atomic E-state index is 0.132. The Morgan fingerprint density at radius 3 is 2.59 bits per heavy atom. The molecule has 0 radical (unpaired) electrons. The van der Waals surface area contributed by atoms with Gasteiger partial charge in [0.1, 0.15) is 24.0 Å². The average molecular weight is 425 g/mol. The molecule has 1 amide bonds. The molecule has 4 nitrogen and oxygen atoms in total. The van der Waals surface area contributed by atoms with Crippen molar-refractivity contribution in [2.75, 3.05) is 0 Å². The largest absolute Gasteiger partial charge is 0.489 e. The Kier molecular flexibility index (Phi) is 6.87. The van der Waals surface area contributed by atoms with Gasteiger partial charge in [0.2, 0.25) is 0 Å². The van der Waals surface area contributed by atoms with E-state index in [1.165, 1.54) is 17.2 Å². The third-order valence-electron chi connectivity index (χ3n) is 6.26. The molecule has 1 aliphatic rings. The van der Waals surface area contributed by atoms with Crippen LogP contribution in [0, 0.1) is 17.2 Å². The summed E-state index contributed by atoms with van der Waals surface area (Å²) in [6.45, 7) is 2.64. The van der Waals surface area contributed by atoms with Gasteiger partial charge in [-0.1, -0.05) is 74.4 Å². The Hall–Kier alpha value is -3.58. The number of hydrogen-bond donors (Lipinski definition) is 1. The molecule has 0 saturated heterocycles. The minimum Gasteiger partial charge on any atom is -0.489 e. The summed E-state index contributed by atoms with van der Waals surface area (Å²) >= 11 is 0. The third-order valence-corrected chi connectivity index (χ3v) is 6.26. The minimum atomic E-state index is -0.289. The van der Waals surface area contributed by atoms with Crippen LogP contribution in [0.15, 0.2) is 72.3 Å². The molecule has 0 heterocycles. The fourth-order valence-corrected chi connectivity index (χ4v) is 4.33. The van der Waals surface area contributed by atoms with Crippen molar-refractivity contribution in [1.29, 1.82) is 5.26 Å². The Bertz CT molecular complexity index is 1150. The number of carbonyl (C=O) groups is 1. The van der Waals surface area contributed by atoms with Crippen LogP contribution in [0.3, 0.4) is 0 Å². The summed E-state index contributed by atoms with van der Waals surface area (Å²) in [6, 6.07) is 24.1. The topological polar surface area (TPSA) is 62.1 Å². The van der Waals surface area contributed by atoms with Crippen LogP contribution in [-0.2, 0) is 11.4 Å². The van der Waals surface area contributed by atoms with E-state index in [0.717, 1.165) is 36.1 Å². The van der Waals surface area contributed by atoms with Gasteiger partial charge in [-0.2, -0.15) is 5.26 Å². The zero-order valence-electron chi connectivity index (χ0n) is 18.4. The third kappa shape index (κ3) is 5.18. The number of amides is 1. The fourth-order valence-electron chi connectivity index (χ4n) is 4.33. The van der Waals surface area contributed by atoms with Crippen LogP contribution < -0.4 is 10.1 Å². The molecule has 2 atom stereocenters. The van der Waals surface area contributed by atoms with E-state index >= 15 is 0 Å². The predicted molar refractivity (Wildman–Crippen MR) is 128 cm³/mol. The molecule has 162 valence electrons. The van der Waals surface area contributed by atoms with Crippen molar-refractivity contribution in [3.05, 3.63) is 83.4 Å². The number of nitriles is 1. The zero-order chi connectivity index (χ0) is 22.3. The second kappa shape index (κ2) is 10.2. The van der Waals surface area contributed by atoms with Crippen molar-refractivity contribution in [1.82, 2.24) is 5.32 Å². The zero-order valence-corrected chi connectivity index (χ0v) is 18.4. The number of benzene rings is 3. The van der Waals surface area contributed by atoms with Gasteiger partial charge < -0.3 is 10.1 Å². The average Bonchev–Trinajstić information content (AvgIpc) is 2.83. The second-order valence-electron chi connectivity index (χ2n) is 8.51. The molecule has 0 bridgehead atoms. The Morgan fingerprint density at radius 2 is 1.81 bits per heavy atom. The number of ether oxygens (including phenoxy) is 1. The van der Waals surface area contributed by atoms with Crippen molar-refractivity contribution in [2.24, 2.45) is 5.92 Å². The van der Waals surface area contributed by atoms with Gasteiger partial charge in [-0.3, -0.25) is 4.79 Å². The summed E-state index contributed by atoms with van der Waals surface area (Å²) in [5, 5.41) is 14.9. The van der Waals surface area contributed by atoms with Crippen LogP contribution in [0.25, 0.3) is 16.8 Å². The van der Waals surface area contributed by atoms with Crippen molar-refractivity contribution in [3.8, 4) is 11.8 Å². The van der Waals surface area contributed by atoms with Crippen LogP contribution >= 0.6 is 0 Å². The molecule has 1 N–H and O–H groups in total. The van der Waals surface area contributed by atoms with Gasteiger partial charge in [0.25, 0.3) is 5.91 Å². The molecule has 0 aromatic heterocycles. The highest BCUT2D eigenvalue weighted by atomic mass is 16.5. The van der Waals surface area contributed by atoms with Gasteiger partial charge in [-0.15, -0.1) is 0 Å². The molecule has 3 aromatic carbocycles. The SMILES string of the molecule is C[C@@H]1CCCC[C@@H]1NC(=O)/C(C#N)=C/c1ccc(OCc2cccc3ccccc23)cc1. The monoisotopic (exact) mass is 424 g/mol. The van der Waals surface area contributed by atoms with Gasteiger partial charge in [0.15, 0.2) is 0 Å². The summed E-state index contributed by atoms with van der Waals surface area (Å²) in [7, 11) is 0. The van der Waals surface area contributed by atoms with Gasteiger partial charge >= 0.3 is 0 Å². The standard InChI is InChI=1S/C28H28N2O2/c1-20-7-2-5-12-27(20)30-28(31)24(18-29)17-21-13-15-25(16-14-21)32-19-23-10-6-9-22-8-3-4-11-26(22)23/h3-4,6,8-11,13-17,20,27H,2,5,7,12,19H2,1H3,(H,30,31)/b24-17+/t20-,27+/m1/s1. The Morgan fingerprint density at radius 1 is 1.06 bits per heavy atom. The van der Waals surface area contributed by atoms with Crippen LogP contribution in [0.1, 0.15) is 43.7 Å². The van der Waals surface area contributed by atoms with Crippen LogP contribution in [0.4, 0.5) is 0 Å². The summed E-state index contributed by atoms with van der Waals surface area (Å²) in [5.74, 6) is 0.905. The van der Waals surface area contributed by atoms with Crippen LogP contribution in [0.2, 0.25) is 0 Å². The van der Waals surface area contributed by atoms with E-state index in [1.54, 1.807) is 6.08 Å². The van der Waals surface area contributed by atoms with E-state index in [4.69, 9.17) is 4.74 Å². The van der Waals surface area contributed by atoms with Gasteiger partial charge in [-0.05, 0) is 58.9 Å². The molecule has 1 saturated carbocycles. The Balaban J connectivity index is 1.40. The van der Waals surface area contributed by atoms with E-state index in [2.05, 4.69) is 42.6 Å². The number of hydrogen-bond acceptors (Lipinski definition) is 3. The quantitative estimate of drug-likeness (QED) is 0.389. The molecule has 0 unspecified atom stereocenters. The lowest BCUT2D eigenvalue weighted by molar-refractivity contribution is -0.118. The maximum atomic E-state index is 12.6. The van der Waals surface area contributed by atoms with Gasteiger partial charge in [0.05, 0.1) is 0 Å². The van der Waals surface area contributed by atoms with E-state index in [9.17, 15) is 10.1 Å². The highest BCUT2D eigenvalue weighted by Crippen LogP contribution is 2.24. The summed E-state index contributed by atoms with van der Waals surface area (Å²) in [6.07, 6.45) is 6.08. The number of fused-ring (bicyclic) bond motifs is 1. The molecule has 0 spiro atoms. The number of rotatable bonds is 6. The maximum absolute atomic E-state index is 12.6. The Labute approximate surface area is 189 Å². The number of nitrogens with one attached hydrogen (secondary N) is 1. The maximum Gasteiger partial charge on any atom is 0.262 e. The lowest BCUT2D eigenvalue weighted by Crippen LogP contribution is -2.41. The van der Waals surface area contributed by atoms with E-state index in [-0.39, 0.29) is 17.5 Å². The van der Waals surface area contributed by atoms with Gasteiger partial charge in [-0.25, -0.2) is 0 Å². The first-order chi connectivity index (χ1) is 15.6.